The zero-order valence-electron chi connectivity index (χ0n) is 19.2. The normalized spacial score (nSPS) is 12.0. The van der Waals surface area contributed by atoms with Crippen molar-refractivity contribution < 1.29 is 9.59 Å². The molecule has 2 amide bonds. The molecule has 0 aliphatic rings. The minimum absolute atomic E-state index is 0.106. The first kappa shape index (κ1) is 22.3. The van der Waals surface area contributed by atoms with Crippen LogP contribution in [0.15, 0.2) is 66.9 Å². The first-order valence-corrected chi connectivity index (χ1v) is 11.1. The summed E-state index contributed by atoms with van der Waals surface area (Å²) >= 11 is 0. The number of aromatic nitrogens is 3. The Labute approximate surface area is 193 Å². The lowest BCUT2D eigenvalue weighted by molar-refractivity contribution is 0.0718. The van der Waals surface area contributed by atoms with Gasteiger partial charge in [-0.25, -0.2) is 0 Å². The van der Waals surface area contributed by atoms with Gasteiger partial charge in [0.25, 0.3) is 11.8 Å². The van der Waals surface area contributed by atoms with E-state index >= 15 is 0 Å². The predicted octanol–water partition coefficient (Wildman–Crippen LogP) is 3.71. The summed E-state index contributed by atoms with van der Waals surface area (Å²) in [6.45, 7) is 2.46. The fourth-order valence-electron chi connectivity index (χ4n) is 4.08. The van der Waals surface area contributed by atoms with Crippen LogP contribution in [-0.2, 0) is 13.5 Å². The SMILES string of the molecule is Cc1ccc2[nH]nc(C(=O)N(C)C(CCNC(=O)c3cccn3C)Cc3ccccc3)c2c1. The Hall–Kier alpha value is -3.87. The second-order valence-corrected chi connectivity index (χ2v) is 8.43. The van der Waals surface area contributed by atoms with Gasteiger partial charge in [0.15, 0.2) is 5.69 Å². The highest BCUT2D eigenvalue weighted by molar-refractivity contribution is 6.04. The molecule has 2 aromatic carbocycles. The number of likely N-dealkylation sites (N-methyl/N-ethyl adjacent to an activating group) is 1. The molecular formula is C26H29N5O2. The Morgan fingerprint density at radius 2 is 1.91 bits per heavy atom. The van der Waals surface area contributed by atoms with Crippen molar-refractivity contribution in [3.63, 3.8) is 0 Å². The van der Waals surface area contributed by atoms with Crippen molar-refractivity contribution in [3.8, 4) is 0 Å². The zero-order valence-corrected chi connectivity index (χ0v) is 19.2. The first-order chi connectivity index (χ1) is 15.9. The molecule has 0 radical (unpaired) electrons. The molecule has 1 atom stereocenters. The Kier molecular flexibility index (Phi) is 6.58. The third-order valence-corrected chi connectivity index (χ3v) is 6.04. The maximum absolute atomic E-state index is 13.4. The van der Waals surface area contributed by atoms with Gasteiger partial charge in [0, 0.05) is 38.3 Å². The van der Waals surface area contributed by atoms with Gasteiger partial charge >= 0.3 is 0 Å². The molecule has 2 aromatic heterocycles. The Morgan fingerprint density at radius 1 is 1.12 bits per heavy atom. The third-order valence-electron chi connectivity index (χ3n) is 6.04. The highest BCUT2D eigenvalue weighted by atomic mass is 16.2. The molecule has 33 heavy (non-hydrogen) atoms. The van der Waals surface area contributed by atoms with Crippen LogP contribution >= 0.6 is 0 Å². The van der Waals surface area contributed by atoms with Crippen LogP contribution < -0.4 is 5.32 Å². The van der Waals surface area contributed by atoms with Crippen molar-refractivity contribution in [3.05, 3.63) is 89.4 Å². The summed E-state index contributed by atoms with van der Waals surface area (Å²) < 4.78 is 1.79. The van der Waals surface area contributed by atoms with Crippen molar-refractivity contribution in [1.29, 1.82) is 0 Å². The van der Waals surface area contributed by atoms with Crippen LogP contribution in [0.25, 0.3) is 10.9 Å². The minimum atomic E-state index is -0.137. The predicted molar refractivity (Wildman–Crippen MR) is 129 cm³/mol. The van der Waals surface area contributed by atoms with Crippen molar-refractivity contribution in [1.82, 2.24) is 25.0 Å². The molecular weight excluding hydrogens is 414 g/mol. The van der Waals surface area contributed by atoms with Crippen molar-refractivity contribution in [2.24, 2.45) is 7.05 Å². The maximum atomic E-state index is 13.4. The monoisotopic (exact) mass is 443 g/mol. The highest BCUT2D eigenvalue weighted by Crippen LogP contribution is 2.21. The summed E-state index contributed by atoms with van der Waals surface area (Å²) in [5.74, 6) is -0.259. The number of hydrogen-bond donors (Lipinski definition) is 2. The number of amides is 2. The summed E-state index contributed by atoms with van der Waals surface area (Å²) in [6, 6.07) is 19.5. The average Bonchev–Trinajstić information content (AvgIpc) is 3.43. The number of aryl methyl sites for hydroxylation is 2. The fourth-order valence-corrected chi connectivity index (χ4v) is 4.08. The maximum Gasteiger partial charge on any atom is 0.274 e. The van der Waals surface area contributed by atoms with Crippen molar-refractivity contribution >= 4 is 22.7 Å². The van der Waals surface area contributed by atoms with Crippen LogP contribution in [0.3, 0.4) is 0 Å². The number of rotatable bonds is 8. The number of carbonyl (C=O) groups is 2. The largest absolute Gasteiger partial charge is 0.351 e. The van der Waals surface area contributed by atoms with Gasteiger partial charge in [0.1, 0.15) is 5.69 Å². The van der Waals surface area contributed by atoms with E-state index in [0.717, 1.165) is 22.0 Å². The van der Waals surface area contributed by atoms with Gasteiger partial charge in [-0.2, -0.15) is 5.10 Å². The molecule has 0 saturated carbocycles. The van der Waals surface area contributed by atoms with E-state index in [1.807, 2.05) is 69.7 Å². The van der Waals surface area contributed by atoms with E-state index in [4.69, 9.17) is 0 Å². The minimum Gasteiger partial charge on any atom is -0.351 e. The fraction of sp³-hybridized carbons (Fsp3) is 0.269. The number of hydrogen-bond acceptors (Lipinski definition) is 3. The van der Waals surface area contributed by atoms with Gasteiger partial charge in [0.2, 0.25) is 0 Å². The molecule has 1 unspecified atom stereocenters. The topological polar surface area (TPSA) is 83.0 Å². The van der Waals surface area contributed by atoms with Gasteiger partial charge in [0.05, 0.1) is 5.52 Å². The smallest absolute Gasteiger partial charge is 0.274 e. The molecule has 7 heteroatoms. The molecule has 0 spiro atoms. The summed E-state index contributed by atoms with van der Waals surface area (Å²) in [7, 11) is 3.65. The average molecular weight is 444 g/mol. The van der Waals surface area contributed by atoms with Gasteiger partial charge in [-0.3, -0.25) is 14.7 Å². The molecule has 0 bridgehead atoms. The van der Waals surface area contributed by atoms with Gasteiger partial charge < -0.3 is 14.8 Å². The molecule has 7 nitrogen and oxygen atoms in total. The van der Waals surface area contributed by atoms with E-state index in [9.17, 15) is 9.59 Å². The molecule has 4 aromatic rings. The van der Waals surface area contributed by atoms with Gasteiger partial charge in [-0.1, -0.05) is 42.0 Å². The summed E-state index contributed by atoms with van der Waals surface area (Å²) in [4.78, 5) is 27.7. The quantitative estimate of drug-likeness (QED) is 0.435. The number of aromatic amines is 1. The van der Waals surface area contributed by atoms with Gasteiger partial charge in [-0.05, 0) is 49.6 Å². The summed E-state index contributed by atoms with van der Waals surface area (Å²) in [5.41, 5.74) is 4.08. The third kappa shape index (κ3) is 4.98. The molecule has 2 N–H and O–H groups in total. The highest BCUT2D eigenvalue weighted by Gasteiger charge is 2.25. The van der Waals surface area contributed by atoms with Crippen molar-refractivity contribution in [2.45, 2.75) is 25.8 Å². The summed E-state index contributed by atoms with van der Waals surface area (Å²) in [6.07, 6.45) is 3.15. The van der Waals surface area contributed by atoms with E-state index in [2.05, 4.69) is 27.6 Å². The van der Waals surface area contributed by atoms with Crippen molar-refractivity contribution in [2.75, 3.05) is 13.6 Å². The zero-order chi connectivity index (χ0) is 23.4. The molecule has 0 saturated heterocycles. The van der Waals surface area contributed by atoms with Crippen LogP contribution in [0.1, 0.15) is 38.5 Å². The van der Waals surface area contributed by atoms with Crippen LogP contribution in [0.4, 0.5) is 0 Å². The number of H-pyrrole nitrogens is 1. The number of nitrogens with zero attached hydrogens (tertiary/aromatic N) is 3. The molecule has 170 valence electrons. The summed E-state index contributed by atoms with van der Waals surface area (Å²) in [5, 5.41) is 11.1. The van der Waals surface area contributed by atoms with E-state index < -0.39 is 0 Å². The number of fused-ring (bicyclic) bond motifs is 1. The second-order valence-electron chi connectivity index (χ2n) is 8.43. The molecule has 0 fully saturated rings. The lowest BCUT2D eigenvalue weighted by atomic mass is 10.0. The van der Waals surface area contributed by atoms with Crippen LogP contribution in [0.2, 0.25) is 0 Å². The Morgan fingerprint density at radius 3 is 2.64 bits per heavy atom. The molecule has 0 aliphatic carbocycles. The van der Waals surface area contributed by atoms with Crippen LogP contribution in [0.5, 0.6) is 0 Å². The van der Waals surface area contributed by atoms with Gasteiger partial charge in [-0.15, -0.1) is 0 Å². The number of nitrogens with one attached hydrogen (secondary N) is 2. The van der Waals surface area contributed by atoms with E-state index in [1.165, 1.54) is 0 Å². The Balaban J connectivity index is 1.51. The molecule has 0 aliphatic heterocycles. The molecule has 4 rings (SSSR count). The van der Waals surface area contributed by atoms with E-state index in [1.54, 1.807) is 15.5 Å². The van der Waals surface area contributed by atoms with E-state index in [0.29, 0.717) is 30.8 Å². The number of carbonyl (C=O) groups excluding carboxylic acids is 2. The number of benzene rings is 2. The molecule has 2 heterocycles. The van der Waals surface area contributed by atoms with Crippen LogP contribution in [-0.4, -0.2) is 51.1 Å². The van der Waals surface area contributed by atoms with Crippen LogP contribution in [0, 0.1) is 6.92 Å². The Bertz CT molecular complexity index is 1260. The second kappa shape index (κ2) is 9.73. The lowest BCUT2D eigenvalue weighted by Crippen LogP contribution is -2.41. The first-order valence-electron chi connectivity index (χ1n) is 11.1. The standard InChI is InChI=1S/C26H29N5O2/c1-18-11-12-22-21(16-18)24(29-28-22)26(33)31(3)20(17-19-8-5-4-6-9-19)13-14-27-25(32)23-10-7-15-30(23)2/h4-12,15-16,20H,13-14,17H2,1-3H3,(H,27,32)(H,28,29). The van der Waals surface area contributed by atoms with E-state index in [-0.39, 0.29) is 17.9 Å². The lowest BCUT2D eigenvalue weighted by Gasteiger charge is -2.28.